The van der Waals surface area contributed by atoms with Crippen molar-refractivity contribution in [1.82, 2.24) is 14.5 Å². The molecule has 0 aliphatic carbocycles. The van der Waals surface area contributed by atoms with Crippen molar-refractivity contribution in [2.75, 3.05) is 0 Å². The molecule has 120 valence electrons. The third-order valence-electron chi connectivity index (χ3n) is 4.15. The molecule has 4 heteroatoms. The van der Waals surface area contributed by atoms with Crippen LogP contribution < -0.4 is 5.73 Å². The zero-order valence-corrected chi connectivity index (χ0v) is 13.9. The average Bonchev–Trinajstić information content (AvgIpc) is 2.90. The molecule has 0 aliphatic heterocycles. The van der Waals surface area contributed by atoms with Crippen molar-refractivity contribution < 1.29 is 0 Å². The minimum absolute atomic E-state index is 0.580. The number of pyridine rings is 1. The molecule has 0 aliphatic rings. The van der Waals surface area contributed by atoms with Crippen LogP contribution in [0, 0.1) is 6.92 Å². The Morgan fingerprint density at radius 2 is 1.87 bits per heavy atom. The van der Waals surface area contributed by atoms with Gasteiger partial charge in [0.25, 0.3) is 0 Å². The highest BCUT2D eigenvalue weighted by molar-refractivity contribution is 5.72. The molecular weight excluding hydrogens is 284 g/mol. The summed E-state index contributed by atoms with van der Waals surface area (Å²) in [4.78, 5) is 9.44. The summed E-state index contributed by atoms with van der Waals surface area (Å²) < 4.78 is 2.25. The van der Waals surface area contributed by atoms with Gasteiger partial charge in [-0.25, -0.2) is 9.97 Å². The Hall–Kier alpha value is -2.20. The molecule has 0 saturated carbocycles. The predicted octanol–water partition coefficient (Wildman–Crippen LogP) is 3.59. The van der Waals surface area contributed by atoms with E-state index in [0.29, 0.717) is 6.54 Å². The minimum Gasteiger partial charge on any atom is -0.326 e. The van der Waals surface area contributed by atoms with Crippen molar-refractivity contribution in [3.05, 3.63) is 59.0 Å². The number of aryl methyl sites for hydroxylation is 2. The first-order chi connectivity index (χ1) is 11.2. The summed E-state index contributed by atoms with van der Waals surface area (Å²) in [7, 11) is 0. The van der Waals surface area contributed by atoms with Crippen molar-refractivity contribution in [2.24, 2.45) is 5.73 Å². The van der Waals surface area contributed by atoms with Crippen LogP contribution in [0.25, 0.3) is 11.2 Å². The highest BCUT2D eigenvalue weighted by Crippen LogP contribution is 2.19. The Bertz CT molecular complexity index is 787. The first-order valence-corrected chi connectivity index (χ1v) is 8.31. The van der Waals surface area contributed by atoms with Crippen molar-refractivity contribution >= 4 is 11.2 Å². The van der Waals surface area contributed by atoms with Crippen LogP contribution in [0.1, 0.15) is 42.3 Å². The van der Waals surface area contributed by atoms with E-state index >= 15 is 0 Å². The maximum atomic E-state index is 5.68. The van der Waals surface area contributed by atoms with Gasteiger partial charge >= 0.3 is 0 Å². The number of imidazole rings is 1. The number of hydrogen-bond acceptors (Lipinski definition) is 3. The van der Waals surface area contributed by atoms with E-state index in [4.69, 9.17) is 10.7 Å². The molecule has 0 radical (unpaired) electrons. The van der Waals surface area contributed by atoms with Gasteiger partial charge in [0.2, 0.25) is 0 Å². The number of nitrogens with two attached hydrogens (primary N) is 1. The molecule has 0 unspecified atom stereocenters. The molecule has 2 heterocycles. The average molecular weight is 308 g/mol. The van der Waals surface area contributed by atoms with Gasteiger partial charge in [-0.2, -0.15) is 0 Å². The Morgan fingerprint density at radius 3 is 2.57 bits per heavy atom. The molecule has 2 N–H and O–H groups in total. The van der Waals surface area contributed by atoms with Gasteiger partial charge in [0, 0.05) is 19.2 Å². The van der Waals surface area contributed by atoms with E-state index in [1.54, 1.807) is 0 Å². The summed E-state index contributed by atoms with van der Waals surface area (Å²) in [6.45, 7) is 5.65. The lowest BCUT2D eigenvalue weighted by Gasteiger charge is -2.09. The van der Waals surface area contributed by atoms with Crippen LogP contribution in [-0.2, 0) is 19.5 Å². The molecule has 0 amide bonds. The lowest BCUT2D eigenvalue weighted by molar-refractivity contribution is 0.686. The third-order valence-corrected chi connectivity index (χ3v) is 4.15. The van der Waals surface area contributed by atoms with E-state index in [9.17, 15) is 0 Å². The smallest absolute Gasteiger partial charge is 0.160 e. The highest BCUT2D eigenvalue weighted by Gasteiger charge is 2.12. The number of unbranched alkanes of at least 4 members (excludes halogenated alkanes) is 1. The monoisotopic (exact) mass is 308 g/mol. The van der Waals surface area contributed by atoms with Gasteiger partial charge in [-0.1, -0.05) is 37.6 Å². The predicted molar refractivity (Wildman–Crippen MR) is 94.3 cm³/mol. The van der Waals surface area contributed by atoms with Crippen LogP contribution in [0.2, 0.25) is 0 Å². The maximum absolute atomic E-state index is 5.68. The summed E-state index contributed by atoms with van der Waals surface area (Å²) in [5, 5.41) is 0. The van der Waals surface area contributed by atoms with Crippen LogP contribution in [0.15, 0.2) is 36.5 Å². The topological polar surface area (TPSA) is 56.7 Å². The molecular formula is C19H24N4. The lowest BCUT2D eigenvalue weighted by atomic mass is 10.1. The van der Waals surface area contributed by atoms with Crippen LogP contribution in [-0.4, -0.2) is 14.5 Å². The first kappa shape index (κ1) is 15.7. The Morgan fingerprint density at radius 1 is 1.13 bits per heavy atom. The van der Waals surface area contributed by atoms with Gasteiger partial charge in [0.05, 0.1) is 6.54 Å². The second-order valence-corrected chi connectivity index (χ2v) is 6.09. The van der Waals surface area contributed by atoms with Crippen LogP contribution in [0.5, 0.6) is 0 Å². The Kier molecular flexibility index (Phi) is 4.72. The molecule has 0 atom stereocenters. The second-order valence-electron chi connectivity index (χ2n) is 6.09. The molecule has 2 aromatic heterocycles. The van der Waals surface area contributed by atoms with Gasteiger partial charge in [-0.15, -0.1) is 0 Å². The first-order valence-electron chi connectivity index (χ1n) is 8.31. The molecule has 23 heavy (non-hydrogen) atoms. The van der Waals surface area contributed by atoms with E-state index in [1.165, 1.54) is 12.0 Å². The summed E-state index contributed by atoms with van der Waals surface area (Å²) in [5.74, 6) is 1.13. The highest BCUT2D eigenvalue weighted by atomic mass is 15.1. The van der Waals surface area contributed by atoms with Gasteiger partial charge in [0.15, 0.2) is 5.65 Å². The molecule has 0 spiro atoms. The maximum Gasteiger partial charge on any atom is 0.160 e. The fourth-order valence-corrected chi connectivity index (χ4v) is 2.81. The third kappa shape index (κ3) is 3.42. The standard InChI is InChI=1S/C19H24N4/c1-3-4-5-18-22-17-10-14(2)12-21-19(17)23(18)13-16-8-6-15(11-20)7-9-16/h6-10,12H,3-5,11,13,20H2,1-2H3. The summed E-state index contributed by atoms with van der Waals surface area (Å²) in [6, 6.07) is 10.6. The minimum atomic E-state index is 0.580. The van der Waals surface area contributed by atoms with E-state index in [-0.39, 0.29) is 0 Å². The molecule has 3 aromatic rings. The number of nitrogens with zero attached hydrogens (tertiary/aromatic N) is 3. The van der Waals surface area contributed by atoms with Gasteiger partial charge in [-0.05, 0) is 36.1 Å². The second kappa shape index (κ2) is 6.92. The fourth-order valence-electron chi connectivity index (χ4n) is 2.81. The number of benzene rings is 1. The van der Waals surface area contributed by atoms with Crippen molar-refractivity contribution in [3.63, 3.8) is 0 Å². The molecule has 0 fully saturated rings. The van der Waals surface area contributed by atoms with Crippen LogP contribution >= 0.6 is 0 Å². The van der Waals surface area contributed by atoms with Gasteiger partial charge in [0.1, 0.15) is 11.3 Å². The summed E-state index contributed by atoms with van der Waals surface area (Å²) >= 11 is 0. The van der Waals surface area contributed by atoms with Crippen LogP contribution in [0.4, 0.5) is 0 Å². The van der Waals surface area contributed by atoms with Crippen LogP contribution in [0.3, 0.4) is 0 Å². The van der Waals surface area contributed by atoms with Crippen molar-refractivity contribution in [1.29, 1.82) is 0 Å². The molecule has 0 saturated heterocycles. The number of aromatic nitrogens is 3. The van der Waals surface area contributed by atoms with Crippen molar-refractivity contribution in [3.8, 4) is 0 Å². The lowest BCUT2D eigenvalue weighted by Crippen LogP contribution is -2.06. The Labute approximate surface area is 137 Å². The zero-order valence-electron chi connectivity index (χ0n) is 13.9. The summed E-state index contributed by atoms with van der Waals surface area (Å²) in [6.07, 6.45) is 5.23. The van der Waals surface area contributed by atoms with E-state index in [2.05, 4.69) is 53.7 Å². The molecule has 3 rings (SSSR count). The SMILES string of the molecule is CCCCc1nc2cc(C)cnc2n1Cc1ccc(CN)cc1. The Balaban J connectivity index is 1.98. The molecule has 0 bridgehead atoms. The van der Waals surface area contributed by atoms with E-state index in [0.717, 1.165) is 47.5 Å². The molecule has 4 nitrogen and oxygen atoms in total. The number of hydrogen-bond donors (Lipinski definition) is 1. The van der Waals surface area contributed by atoms with Gasteiger partial charge in [-0.3, -0.25) is 0 Å². The molecule has 1 aromatic carbocycles. The quantitative estimate of drug-likeness (QED) is 0.757. The van der Waals surface area contributed by atoms with Crippen molar-refractivity contribution in [2.45, 2.75) is 46.2 Å². The largest absolute Gasteiger partial charge is 0.326 e. The fraction of sp³-hybridized carbons (Fsp3) is 0.368. The van der Waals surface area contributed by atoms with Gasteiger partial charge < -0.3 is 10.3 Å². The van der Waals surface area contributed by atoms with E-state index < -0.39 is 0 Å². The summed E-state index contributed by atoms with van der Waals surface area (Å²) in [5.41, 5.74) is 11.2. The number of rotatable bonds is 6. The number of fused-ring (bicyclic) bond motifs is 1. The van der Waals surface area contributed by atoms with E-state index in [1.807, 2.05) is 6.20 Å². The normalized spacial score (nSPS) is 11.3. The zero-order chi connectivity index (χ0) is 16.2.